The Morgan fingerprint density at radius 3 is 2.78 bits per heavy atom. The van der Waals surface area contributed by atoms with E-state index in [0.29, 0.717) is 0 Å². The quantitative estimate of drug-likeness (QED) is 0.598. The third-order valence-corrected chi connectivity index (χ3v) is 3.27. The van der Waals surface area contributed by atoms with Crippen molar-refractivity contribution in [3.05, 3.63) is 23.4 Å². The third kappa shape index (κ3) is 3.00. The normalized spacial score (nSPS) is 14.6. The molecular formula is C14H22N4. The summed E-state index contributed by atoms with van der Waals surface area (Å²) in [5.74, 6) is 1.80. The van der Waals surface area contributed by atoms with Crippen LogP contribution in [0.4, 0.5) is 5.82 Å². The lowest BCUT2D eigenvalue weighted by molar-refractivity contribution is 0.697. The second-order valence-electron chi connectivity index (χ2n) is 5.13. The van der Waals surface area contributed by atoms with Crippen LogP contribution in [-0.4, -0.2) is 23.9 Å². The van der Waals surface area contributed by atoms with E-state index in [9.17, 15) is 0 Å². The molecule has 0 spiro atoms. The lowest BCUT2D eigenvalue weighted by Crippen LogP contribution is -2.30. The van der Waals surface area contributed by atoms with Crippen LogP contribution in [0.2, 0.25) is 0 Å². The fraction of sp³-hybridized carbons (Fsp3) is 0.571. The molecular weight excluding hydrogens is 224 g/mol. The minimum atomic E-state index is 0.106. The van der Waals surface area contributed by atoms with E-state index >= 15 is 0 Å². The van der Waals surface area contributed by atoms with Gasteiger partial charge in [-0.1, -0.05) is 6.92 Å². The number of anilines is 1. The van der Waals surface area contributed by atoms with Crippen molar-refractivity contribution >= 4 is 11.7 Å². The molecule has 1 aliphatic carbocycles. The molecule has 4 nitrogen and oxygen atoms in total. The molecule has 1 aliphatic rings. The Hall–Kier alpha value is -1.58. The van der Waals surface area contributed by atoms with Crippen LogP contribution in [0.3, 0.4) is 0 Å². The number of nitrogens with one attached hydrogen (secondary N) is 1. The molecule has 18 heavy (non-hydrogen) atoms. The zero-order valence-corrected chi connectivity index (χ0v) is 11.2. The molecule has 0 saturated heterocycles. The van der Waals surface area contributed by atoms with Crippen LogP contribution in [-0.2, 0) is 0 Å². The van der Waals surface area contributed by atoms with Crippen LogP contribution in [0.1, 0.15) is 37.4 Å². The van der Waals surface area contributed by atoms with Gasteiger partial charge in [-0.15, -0.1) is 0 Å². The number of pyridine rings is 1. The predicted molar refractivity (Wildman–Crippen MR) is 75.2 cm³/mol. The minimum absolute atomic E-state index is 0.106. The highest BCUT2D eigenvalue weighted by molar-refractivity contribution is 5.99. The van der Waals surface area contributed by atoms with Crippen molar-refractivity contribution < 1.29 is 0 Å². The molecule has 0 radical (unpaired) electrons. The molecule has 2 rings (SSSR count). The minimum Gasteiger partial charge on any atom is -0.384 e. The maximum atomic E-state index is 7.68. The molecule has 3 N–H and O–H groups in total. The first-order valence-corrected chi connectivity index (χ1v) is 6.68. The van der Waals surface area contributed by atoms with Gasteiger partial charge in [0.15, 0.2) is 0 Å². The maximum absolute atomic E-state index is 7.68. The molecule has 1 saturated carbocycles. The molecule has 1 aromatic heterocycles. The van der Waals surface area contributed by atoms with Gasteiger partial charge in [0, 0.05) is 18.8 Å². The van der Waals surface area contributed by atoms with Gasteiger partial charge in [0.2, 0.25) is 0 Å². The van der Waals surface area contributed by atoms with E-state index in [-0.39, 0.29) is 5.84 Å². The number of nitrogens with two attached hydrogens (primary N) is 1. The summed E-state index contributed by atoms with van der Waals surface area (Å²) in [4.78, 5) is 6.89. The number of nitrogens with zero attached hydrogens (tertiary/aromatic N) is 2. The number of amidine groups is 1. The molecule has 0 aliphatic heterocycles. The summed E-state index contributed by atoms with van der Waals surface area (Å²) in [6.07, 6.45) is 3.72. The van der Waals surface area contributed by atoms with Crippen molar-refractivity contribution in [3.63, 3.8) is 0 Å². The van der Waals surface area contributed by atoms with E-state index < -0.39 is 0 Å². The molecule has 1 heterocycles. The molecule has 0 unspecified atom stereocenters. The van der Waals surface area contributed by atoms with Gasteiger partial charge in [-0.05, 0) is 44.2 Å². The topological polar surface area (TPSA) is 66.0 Å². The Labute approximate surface area is 109 Å². The molecule has 98 valence electrons. The molecule has 0 atom stereocenters. The average Bonchev–Trinajstić information content (AvgIpc) is 3.12. The van der Waals surface area contributed by atoms with Crippen molar-refractivity contribution in [1.82, 2.24) is 4.98 Å². The Bertz CT molecular complexity index is 437. The van der Waals surface area contributed by atoms with E-state index in [1.807, 2.05) is 19.1 Å². The number of hydrogen-bond donors (Lipinski definition) is 2. The van der Waals surface area contributed by atoms with E-state index in [0.717, 1.165) is 42.5 Å². The number of hydrogen-bond acceptors (Lipinski definition) is 3. The van der Waals surface area contributed by atoms with Crippen LogP contribution in [0, 0.1) is 18.3 Å². The van der Waals surface area contributed by atoms with Gasteiger partial charge in [0.25, 0.3) is 0 Å². The summed E-state index contributed by atoms with van der Waals surface area (Å²) in [7, 11) is 0. The number of aryl methyl sites for hydroxylation is 1. The molecule has 0 bridgehead atoms. The van der Waals surface area contributed by atoms with Gasteiger partial charge < -0.3 is 10.6 Å². The number of nitrogen functional groups attached to an aromatic ring is 1. The Morgan fingerprint density at radius 2 is 2.22 bits per heavy atom. The van der Waals surface area contributed by atoms with Gasteiger partial charge in [0.05, 0.1) is 5.56 Å². The number of rotatable bonds is 6. The van der Waals surface area contributed by atoms with E-state index in [1.165, 1.54) is 12.8 Å². The molecule has 0 aromatic carbocycles. The van der Waals surface area contributed by atoms with Crippen molar-refractivity contribution in [1.29, 1.82) is 5.41 Å². The highest BCUT2D eigenvalue weighted by atomic mass is 15.2. The lowest BCUT2D eigenvalue weighted by Gasteiger charge is -2.25. The second kappa shape index (κ2) is 5.38. The van der Waals surface area contributed by atoms with Crippen LogP contribution in [0.5, 0.6) is 0 Å². The van der Waals surface area contributed by atoms with Crippen molar-refractivity contribution in [2.45, 2.75) is 33.1 Å². The zero-order valence-electron chi connectivity index (χ0n) is 11.2. The van der Waals surface area contributed by atoms with Gasteiger partial charge in [0.1, 0.15) is 11.7 Å². The standard InChI is InChI=1S/C14H22N4/c1-3-8-18(9-11-5-6-11)14-12(13(15)16)7-4-10(2)17-14/h4,7,11H,3,5-6,8-9H2,1-2H3,(H3,15,16). The van der Waals surface area contributed by atoms with Crippen molar-refractivity contribution in [2.75, 3.05) is 18.0 Å². The summed E-state index contributed by atoms with van der Waals surface area (Å²) in [6, 6.07) is 3.83. The van der Waals surface area contributed by atoms with Gasteiger partial charge in [-0.3, -0.25) is 5.41 Å². The third-order valence-electron chi connectivity index (χ3n) is 3.27. The first kappa shape index (κ1) is 12.9. The first-order valence-electron chi connectivity index (χ1n) is 6.68. The smallest absolute Gasteiger partial charge is 0.139 e. The van der Waals surface area contributed by atoms with Crippen LogP contribution >= 0.6 is 0 Å². The van der Waals surface area contributed by atoms with Crippen LogP contribution in [0.25, 0.3) is 0 Å². The summed E-state index contributed by atoms with van der Waals surface area (Å²) in [6.45, 7) is 6.18. The predicted octanol–water partition coefficient (Wildman–Crippen LogP) is 2.30. The van der Waals surface area contributed by atoms with E-state index in [4.69, 9.17) is 11.1 Å². The van der Waals surface area contributed by atoms with Crippen LogP contribution < -0.4 is 10.6 Å². The largest absolute Gasteiger partial charge is 0.384 e. The Morgan fingerprint density at radius 1 is 1.50 bits per heavy atom. The average molecular weight is 246 g/mol. The maximum Gasteiger partial charge on any atom is 0.139 e. The highest BCUT2D eigenvalue weighted by Crippen LogP contribution is 2.32. The van der Waals surface area contributed by atoms with E-state index in [1.54, 1.807) is 0 Å². The monoisotopic (exact) mass is 246 g/mol. The van der Waals surface area contributed by atoms with Gasteiger partial charge >= 0.3 is 0 Å². The van der Waals surface area contributed by atoms with E-state index in [2.05, 4.69) is 16.8 Å². The van der Waals surface area contributed by atoms with Crippen LogP contribution in [0.15, 0.2) is 12.1 Å². The second-order valence-corrected chi connectivity index (χ2v) is 5.13. The Kier molecular flexibility index (Phi) is 3.84. The molecule has 1 fully saturated rings. The molecule has 0 amide bonds. The summed E-state index contributed by atoms with van der Waals surface area (Å²) < 4.78 is 0. The van der Waals surface area contributed by atoms with Gasteiger partial charge in [-0.2, -0.15) is 0 Å². The summed E-state index contributed by atoms with van der Waals surface area (Å²) >= 11 is 0. The fourth-order valence-corrected chi connectivity index (χ4v) is 2.16. The first-order chi connectivity index (χ1) is 8.61. The van der Waals surface area contributed by atoms with Crippen molar-refractivity contribution in [3.8, 4) is 0 Å². The lowest BCUT2D eigenvalue weighted by atomic mass is 10.2. The molecule has 1 aromatic rings. The highest BCUT2D eigenvalue weighted by Gasteiger charge is 2.26. The fourth-order valence-electron chi connectivity index (χ4n) is 2.16. The van der Waals surface area contributed by atoms with Crippen molar-refractivity contribution in [2.24, 2.45) is 11.7 Å². The summed E-state index contributed by atoms with van der Waals surface area (Å²) in [5, 5.41) is 7.68. The Balaban J connectivity index is 2.30. The van der Waals surface area contributed by atoms with Gasteiger partial charge in [-0.25, -0.2) is 4.98 Å². The SMILES string of the molecule is CCCN(CC1CC1)c1nc(C)ccc1C(=N)N. The summed E-state index contributed by atoms with van der Waals surface area (Å²) in [5.41, 5.74) is 7.40. The number of aromatic nitrogens is 1. The zero-order chi connectivity index (χ0) is 13.1. The molecule has 4 heteroatoms.